The summed E-state index contributed by atoms with van der Waals surface area (Å²) < 4.78 is 0.980. The van der Waals surface area contributed by atoms with Gasteiger partial charge >= 0.3 is 0 Å². The third-order valence-corrected chi connectivity index (χ3v) is 6.33. The van der Waals surface area contributed by atoms with E-state index in [9.17, 15) is 4.79 Å². The zero-order valence-corrected chi connectivity index (χ0v) is 17.5. The predicted octanol–water partition coefficient (Wildman–Crippen LogP) is 6.57. The number of halogens is 1. The van der Waals surface area contributed by atoms with Crippen molar-refractivity contribution in [2.75, 3.05) is 4.90 Å². The number of nitrogens with zero attached hydrogens (tertiary/aromatic N) is 2. The van der Waals surface area contributed by atoms with Crippen molar-refractivity contribution in [3.63, 3.8) is 0 Å². The van der Waals surface area contributed by atoms with Crippen LogP contribution in [0.3, 0.4) is 0 Å². The van der Waals surface area contributed by atoms with Gasteiger partial charge in [-0.15, -0.1) is 11.3 Å². The maximum absolute atomic E-state index is 13.1. The fraction of sp³-hybridized carbons (Fsp3) is 0.0909. The molecule has 2 aromatic carbocycles. The van der Waals surface area contributed by atoms with Crippen LogP contribution >= 0.6 is 34.3 Å². The van der Waals surface area contributed by atoms with Crippen molar-refractivity contribution in [2.24, 2.45) is 0 Å². The van der Waals surface area contributed by atoms with E-state index in [2.05, 4.69) is 0 Å². The molecule has 0 atom stereocenters. The number of thiazole rings is 1. The van der Waals surface area contributed by atoms with Crippen molar-refractivity contribution < 1.29 is 4.79 Å². The normalized spacial score (nSPS) is 11.4. The van der Waals surface area contributed by atoms with Crippen LogP contribution in [0.25, 0.3) is 16.3 Å². The number of carbonyl (C=O) groups excluding carboxylic acids is 1. The highest BCUT2D eigenvalue weighted by Gasteiger charge is 2.19. The van der Waals surface area contributed by atoms with Crippen molar-refractivity contribution in [1.29, 1.82) is 0 Å². The Morgan fingerprint density at radius 2 is 2.00 bits per heavy atom. The number of hydrogen-bond donors (Lipinski definition) is 0. The topological polar surface area (TPSA) is 33.2 Å². The van der Waals surface area contributed by atoms with Gasteiger partial charge in [0.25, 0.3) is 5.91 Å². The van der Waals surface area contributed by atoms with E-state index in [1.165, 1.54) is 11.3 Å². The standard InChI is InChI=1S/C22H17ClN2OS2/c1-15-12-17(23)13-19-21(15)24-22(28-19)25(14-16-6-3-2-4-7-16)20(26)10-9-18-8-5-11-27-18/h2-13H,14H2,1H3/b10-9+. The van der Waals surface area contributed by atoms with Crippen LogP contribution in [0.5, 0.6) is 0 Å². The monoisotopic (exact) mass is 424 g/mol. The van der Waals surface area contributed by atoms with E-state index in [1.807, 2.05) is 73.0 Å². The van der Waals surface area contributed by atoms with Crippen molar-refractivity contribution in [2.45, 2.75) is 13.5 Å². The van der Waals surface area contributed by atoms with Gasteiger partial charge in [0.15, 0.2) is 5.13 Å². The Morgan fingerprint density at radius 3 is 2.75 bits per heavy atom. The second-order valence-electron chi connectivity index (χ2n) is 6.32. The summed E-state index contributed by atoms with van der Waals surface area (Å²) >= 11 is 9.28. The van der Waals surface area contributed by atoms with Crippen LogP contribution in [0.1, 0.15) is 16.0 Å². The van der Waals surface area contributed by atoms with Crippen molar-refractivity contribution >= 4 is 61.6 Å². The van der Waals surface area contributed by atoms with Crippen LogP contribution in [-0.4, -0.2) is 10.9 Å². The zero-order chi connectivity index (χ0) is 19.5. The molecular weight excluding hydrogens is 408 g/mol. The molecule has 4 aromatic rings. The fourth-order valence-electron chi connectivity index (χ4n) is 2.89. The molecular formula is C22H17ClN2OS2. The summed E-state index contributed by atoms with van der Waals surface area (Å²) in [5, 5.41) is 3.34. The molecule has 0 N–H and O–H groups in total. The predicted molar refractivity (Wildman–Crippen MR) is 120 cm³/mol. The van der Waals surface area contributed by atoms with Crippen molar-refractivity contribution in [1.82, 2.24) is 4.98 Å². The van der Waals surface area contributed by atoms with Crippen LogP contribution < -0.4 is 4.90 Å². The smallest absolute Gasteiger partial charge is 0.253 e. The first-order valence-electron chi connectivity index (χ1n) is 8.74. The second kappa shape index (κ2) is 8.27. The van der Waals surface area contributed by atoms with Gasteiger partial charge in [-0.05, 0) is 47.7 Å². The molecule has 0 spiro atoms. The van der Waals surface area contributed by atoms with Crippen LogP contribution in [-0.2, 0) is 11.3 Å². The van der Waals surface area contributed by atoms with Crippen molar-refractivity contribution in [3.05, 3.63) is 87.1 Å². The summed E-state index contributed by atoms with van der Waals surface area (Å²) in [6, 6.07) is 17.7. The molecule has 3 nitrogen and oxygen atoms in total. The van der Waals surface area contributed by atoms with Gasteiger partial charge in [0.1, 0.15) is 0 Å². The maximum Gasteiger partial charge on any atom is 0.253 e. The van der Waals surface area contributed by atoms with E-state index in [1.54, 1.807) is 22.3 Å². The summed E-state index contributed by atoms with van der Waals surface area (Å²) in [5.74, 6) is -0.0972. The lowest BCUT2D eigenvalue weighted by Gasteiger charge is -2.18. The quantitative estimate of drug-likeness (QED) is 0.339. The molecule has 0 radical (unpaired) electrons. The number of aromatic nitrogens is 1. The third kappa shape index (κ3) is 4.17. The molecule has 0 saturated carbocycles. The first-order chi connectivity index (χ1) is 13.6. The molecule has 2 aromatic heterocycles. The van der Waals surface area contributed by atoms with Gasteiger partial charge in [-0.1, -0.05) is 59.3 Å². The number of rotatable bonds is 5. The number of amides is 1. The van der Waals surface area contributed by atoms with Gasteiger partial charge in [-0.3, -0.25) is 9.69 Å². The lowest BCUT2D eigenvalue weighted by molar-refractivity contribution is -0.114. The number of aryl methyl sites for hydroxylation is 1. The maximum atomic E-state index is 13.1. The van der Waals surface area contributed by atoms with E-state index < -0.39 is 0 Å². The van der Waals surface area contributed by atoms with Gasteiger partial charge in [-0.25, -0.2) is 4.98 Å². The molecule has 2 heterocycles. The van der Waals surface area contributed by atoms with Gasteiger partial charge in [-0.2, -0.15) is 0 Å². The molecule has 1 amide bonds. The average molecular weight is 425 g/mol. The summed E-state index contributed by atoms with van der Waals surface area (Å²) in [6.45, 7) is 2.44. The van der Waals surface area contributed by atoms with Gasteiger partial charge in [0, 0.05) is 16.0 Å². The minimum absolute atomic E-state index is 0.0972. The molecule has 6 heteroatoms. The second-order valence-corrected chi connectivity index (χ2v) is 8.75. The van der Waals surface area contributed by atoms with Crippen LogP contribution in [0, 0.1) is 6.92 Å². The van der Waals surface area contributed by atoms with E-state index in [4.69, 9.17) is 16.6 Å². The summed E-state index contributed by atoms with van der Waals surface area (Å²) in [4.78, 5) is 20.6. The SMILES string of the molecule is Cc1cc(Cl)cc2sc(N(Cc3ccccc3)C(=O)/C=C/c3cccs3)nc12. The highest BCUT2D eigenvalue weighted by atomic mass is 35.5. The zero-order valence-electron chi connectivity index (χ0n) is 15.1. The molecule has 28 heavy (non-hydrogen) atoms. The molecule has 0 fully saturated rings. The molecule has 0 bridgehead atoms. The van der Waals surface area contributed by atoms with Crippen LogP contribution in [0.4, 0.5) is 5.13 Å². The van der Waals surface area contributed by atoms with Gasteiger partial charge < -0.3 is 0 Å². The number of carbonyl (C=O) groups is 1. The largest absolute Gasteiger partial charge is 0.280 e. The molecule has 0 aliphatic heterocycles. The highest BCUT2D eigenvalue weighted by molar-refractivity contribution is 7.22. The van der Waals surface area contributed by atoms with Gasteiger partial charge in [0.05, 0.1) is 16.8 Å². The number of anilines is 1. The Kier molecular flexibility index (Phi) is 5.57. The number of hydrogen-bond acceptors (Lipinski definition) is 4. The lowest BCUT2D eigenvalue weighted by atomic mass is 10.2. The number of benzene rings is 2. The lowest BCUT2D eigenvalue weighted by Crippen LogP contribution is -2.28. The minimum atomic E-state index is -0.0972. The van der Waals surface area contributed by atoms with E-state index >= 15 is 0 Å². The average Bonchev–Trinajstić information content (AvgIpc) is 3.34. The summed E-state index contributed by atoms with van der Waals surface area (Å²) in [6.07, 6.45) is 3.46. The minimum Gasteiger partial charge on any atom is -0.280 e. The first-order valence-corrected chi connectivity index (χ1v) is 10.8. The molecule has 4 rings (SSSR count). The molecule has 140 valence electrons. The Balaban J connectivity index is 1.72. The molecule has 0 unspecified atom stereocenters. The Bertz CT molecular complexity index is 1130. The van der Waals surface area contributed by atoms with E-state index in [-0.39, 0.29) is 5.91 Å². The van der Waals surface area contributed by atoms with Crippen LogP contribution in [0.2, 0.25) is 5.02 Å². The molecule has 0 saturated heterocycles. The van der Waals surface area contributed by atoms with Gasteiger partial charge in [0.2, 0.25) is 0 Å². The fourth-order valence-corrected chi connectivity index (χ4v) is 4.94. The molecule has 0 aliphatic rings. The Hall–Kier alpha value is -2.47. The highest BCUT2D eigenvalue weighted by Crippen LogP contribution is 2.34. The summed E-state index contributed by atoms with van der Waals surface area (Å²) in [5.41, 5.74) is 2.94. The van der Waals surface area contributed by atoms with Crippen molar-refractivity contribution in [3.8, 4) is 0 Å². The van der Waals surface area contributed by atoms with E-state index in [0.29, 0.717) is 16.7 Å². The third-order valence-electron chi connectivity index (χ3n) is 4.25. The molecule has 0 aliphatic carbocycles. The first kappa shape index (κ1) is 18.9. The summed E-state index contributed by atoms with van der Waals surface area (Å²) in [7, 11) is 0. The Morgan fingerprint density at radius 1 is 1.18 bits per heavy atom. The Labute approximate surface area is 176 Å². The van der Waals surface area contributed by atoms with Crippen LogP contribution in [0.15, 0.2) is 66.1 Å². The number of fused-ring (bicyclic) bond motifs is 1. The van der Waals surface area contributed by atoms with E-state index in [0.717, 1.165) is 26.2 Å². The number of thiophene rings is 1.